The van der Waals surface area contributed by atoms with Crippen LogP contribution in [0.2, 0.25) is 0 Å². The molecular weight excluding hydrogens is 559 g/mol. The monoisotopic (exact) mass is 597 g/mol. The van der Waals surface area contributed by atoms with E-state index < -0.39 is 11.7 Å². The Morgan fingerprint density at radius 3 is 2.37 bits per heavy atom. The van der Waals surface area contributed by atoms with E-state index in [0.29, 0.717) is 54.1 Å². The summed E-state index contributed by atoms with van der Waals surface area (Å²) in [6.45, 7) is 8.80. The van der Waals surface area contributed by atoms with Crippen molar-refractivity contribution in [3.8, 4) is 5.75 Å². The second kappa shape index (κ2) is 11.2. The Kier molecular flexibility index (Phi) is 7.37. The van der Waals surface area contributed by atoms with Crippen molar-refractivity contribution in [2.45, 2.75) is 57.3 Å². The predicted molar refractivity (Wildman–Crippen MR) is 159 cm³/mol. The number of aromatic nitrogens is 2. The molecule has 0 unspecified atom stereocenters. The van der Waals surface area contributed by atoms with Crippen LogP contribution < -0.4 is 15.4 Å². The van der Waals surface area contributed by atoms with E-state index in [9.17, 15) is 18.0 Å². The second-order valence-electron chi connectivity index (χ2n) is 12.0. The Morgan fingerprint density at radius 1 is 1.02 bits per heavy atom. The number of fused-ring (bicyclic) bond motifs is 2. The van der Waals surface area contributed by atoms with Crippen LogP contribution in [0.25, 0.3) is 11.0 Å². The molecule has 3 N–H and O–H groups in total. The fraction of sp³-hybridized carbons (Fsp3) is 0.548. The first-order chi connectivity index (χ1) is 20.8. The van der Waals surface area contributed by atoms with E-state index in [1.165, 1.54) is 12.8 Å². The number of hydrogen-bond donors (Lipinski definition) is 3. The van der Waals surface area contributed by atoms with Gasteiger partial charge in [0.25, 0.3) is 5.91 Å². The Balaban J connectivity index is 1.05. The van der Waals surface area contributed by atoms with Gasteiger partial charge in [-0.2, -0.15) is 13.2 Å². The largest absolute Gasteiger partial charge is 0.491 e. The first-order valence-corrected chi connectivity index (χ1v) is 15.5. The molecule has 2 aromatic heterocycles. The zero-order valence-corrected chi connectivity index (χ0v) is 24.4. The molecule has 3 fully saturated rings. The highest BCUT2D eigenvalue weighted by Gasteiger charge is 2.36. The number of aromatic amines is 1. The summed E-state index contributed by atoms with van der Waals surface area (Å²) in [6.07, 6.45) is 1.76. The standard InChI is InChI=1S/C31H38F3N7O2/c1-2-35-25-17-26(38-29-27(25)23(18-36-29)31(32,33)34)37-24-6-5-22(21-9-16-43-28(21)24)30(42)41-10-7-20(8-11-41)40-14-12-39(13-15-40)19-3-4-19/h5-6,17-20H,2-4,7-16H2,1H3,(H3,35,36,37,38). The van der Waals surface area contributed by atoms with E-state index in [1.807, 2.05) is 17.9 Å². The summed E-state index contributed by atoms with van der Waals surface area (Å²) in [5, 5.41) is 6.27. The smallest absolute Gasteiger partial charge is 0.418 e. The molecule has 230 valence electrons. The number of amides is 1. The van der Waals surface area contributed by atoms with Gasteiger partial charge in [0.2, 0.25) is 0 Å². The van der Waals surface area contributed by atoms with E-state index in [1.54, 1.807) is 12.1 Å². The lowest BCUT2D eigenvalue weighted by Crippen LogP contribution is -2.54. The summed E-state index contributed by atoms with van der Waals surface area (Å²) in [6, 6.07) is 6.58. The number of H-pyrrole nitrogens is 1. The van der Waals surface area contributed by atoms with Crippen molar-refractivity contribution >= 4 is 34.1 Å². The van der Waals surface area contributed by atoms with Crippen LogP contribution in [-0.4, -0.2) is 95.1 Å². The predicted octanol–water partition coefficient (Wildman–Crippen LogP) is 5.08. The molecule has 3 aromatic rings. The Hall–Kier alpha value is -3.51. The molecule has 1 aliphatic carbocycles. The number of piperidine rings is 1. The number of ether oxygens (including phenoxy) is 1. The van der Waals surface area contributed by atoms with Crippen molar-refractivity contribution in [2.24, 2.45) is 0 Å². The Labute approximate surface area is 248 Å². The molecule has 1 saturated carbocycles. The van der Waals surface area contributed by atoms with Gasteiger partial charge in [-0.25, -0.2) is 4.98 Å². The topological polar surface area (TPSA) is 88.8 Å². The fourth-order valence-electron chi connectivity index (χ4n) is 7.00. The second-order valence-corrected chi connectivity index (χ2v) is 12.0. The molecule has 2 saturated heterocycles. The molecule has 43 heavy (non-hydrogen) atoms. The normalized spacial score (nSPS) is 20.3. The van der Waals surface area contributed by atoms with Crippen LogP contribution in [0.15, 0.2) is 24.4 Å². The number of benzene rings is 1. The minimum atomic E-state index is -4.50. The van der Waals surface area contributed by atoms with Crippen LogP contribution in [0, 0.1) is 0 Å². The number of anilines is 3. The summed E-state index contributed by atoms with van der Waals surface area (Å²) in [4.78, 5) is 28.0. The number of likely N-dealkylation sites (tertiary alicyclic amines) is 1. The zero-order chi connectivity index (χ0) is 29.7. The number of alkyl halides is 3. The number of hydrogen-bond acceptors (Lipinski definition) is 7. The van der Waals surface area contributed by atoms with Gasteiger partial charge in [0.15, 0.2) is 0 Å². The maximum Gasteiger partial charge on any atom is 0.418 e. The average Bonchev–Trinajstić information content (AvgIpc) is 3.55. The van der Waals surface area contributed by atoms with Gasteiger partial charge in [-0.05, 0) is 44.7 Å². The quantitative estimate of drug-likeness (QED) is 0.350. The van der Waals surface area contributed by atoms with Crippen LogP contribution in [0.3, 0.4) is 0 Å². The maximum atomic E-state index is 13.7. The SMILES string of the molecule is CCNc1cc(Nc2ccc(C(=O)N3CCC(N4CCN(C5CC5)CC4)CC3)c3c2OCC3)nc2[nH]cc(C(F)(F)F)c12. The Morgan fingerprint density at radius 2 is 1.72 bits per heavy atom. The lowest BCUT2D eigenvalue weighted by atomic mass is 9.98. The van der Waals surface area contributed by atoms with Crippen LogP contribution in [-0.2, 0) is 12.6 Å². The van der Waals surface area contributed by atoms with Crippen LogP contribution in [0.5, 0.6) is 5.75 Å². The number of nitrogens with one attached hydrogen (secondary N) is 3. The lowest BCUT2D eigenvalue weighted by Gasteiger charge is -2.43. The van der Waals surface area contributed by atoms with E-state index in [2.05, 4.69) is 30.4 Å². The van der Waals surface area contributed by atoms with E-state index >= 15 is 0 Å². The molecule has 5 heterocycles. The molecule has 1 amide bonds. The van der Waals surface area contributed by atoms with Crippen molar-refractivity contribution < 1.29 is 22.7 Å². The van der Waals surface area contributed by atoms with E-state index in [0.717, 1.165) is 69.9 Å². The van der Waals surface area contributed by atoms with Gasteiger partial charge >= 0.3 is 6.18 Å². The molecule has 0 spiro atoms. The van der Waals surface area contributed by atoms with Gasteiger partial charge < -0.3 is 25.3 Å². The first-order valence-electron chi connectivity index (χ1n) is 15.5. The van der Waals surface area contributed by atoms with E-state index in [-0.39, 0.29) is 16.9 Å². The van der Waals surface area contributed by atoms with Crippen LogP contribution >= 0.6 is 0 Å². The molecule has 1 aromatic carbocycles. The molecule has 3 aliphatic heterocycles. The molecule has 12 heteroatoms. The van der Waals surface area contributed by atoms with Crippen molar-refractivity contribution in [1.82, 2.24) is 24.7 Å². The number of nitrogens with zero attached hydrogens (tertiary/aromatic N) is 4. The maximum absolute atomic E-state index is 13.7. The summed E-state index contributed by atoms with van der Waals surface area (Å²) in [5.74, 6) is 1.00. The number of rotatable bonds is 7. The van der Waals surface area contributed by atoms with E-state index in [4.69, 9.17) is 4.74 Å². The third-order valence-corrected chi connectivity index (χ3v) is 9.35. The molecule has 0 bridgehead atoms. The summed E-state index contributed by atoms with van der Waals surface area (Å²) < 4.78 is 46.8. The summed E-state index contributed by atoms with van der Waals surface area (Å²) in [5.41, 5.74) is 1.85. The number of halogens is 3. The molecule has 7 rings (SSSR count). The van der Waals surface area contributed by atoms with Gasteiger partial charge in [0, 0.05) is 93.4 Å². The fourth-order valence-corrected chi connectivity index (χ4v) is 7.00. The molecule has 9 nitrogen and oxygen atoms in total. The number of carbonyl (C=O) groups is 1. The lowest BCUT2D eigenvalue weighted by molar-refractivity contribution is -0.136. The molecular formula is C31H38F3N7O2. The van der Waals surface area contributed by atoms with Crippen molar-refractivity contribution in [3.63, 3.8) is 0 Å². The minimum Gasteiger partial charge on any atom is -0.491 e. The average molecular weight is 598 g/mol. The molecule has 4 aliphatic rings. The third kappa shape index (κ3) is 5.50. The molecule has 0 atom stereocenters. The van der Waals surface area contributed by atoms with Crippen LogP contribution in [0.1, 0.15) is 54.1 Å². The highest BCUT2D eigenvalue weighted by Crippen LogP contribution is 2.41. The highest BCUT2D eigenvalue weighted by atomic mass is 19.4. The number of carbonyl (C=O) groups excluding carboxylic acids is 1. The summed E-state index contributed by atoms with van der Waals surface area (Å²) in [7, 11) is 0. The van der Waals surface area contributed by atoms with Crippen molar-refractivity contribution in [1.29, 1.82) is 0 Å². The molecule has 0 radical (unpaired) electrons. The van der Waals surface area contributed by atoms with Gasteiger partial charge in [0.1, 0.15) is 17.2 Å². The van der Waals surface area contributed by atoms with Crippen LogP contribution in [0.4, 0.5) is 30.4 Å². The number of pyridine rings is 1. The van der Waals surface area contributed by atoms with Crippen molar-refractivity contribution in [3.05, 3.63) is 41.1 Å². The van der Waals surface area contributed by atoms with Gasteiger partial charge in [0.05, 0.1) is 23.2 Å². The minimum absolute atomic E-state index is 0.00612. The number of piperazine rings is 1. The highest BCUT2D eigenvalue weighted by molar-refractivity contribution is 5.98. The van der Waals surface area contributed by atoms with Gasteiger partial charge in [-0.3, -0.25) is 14.6 Å². The Bertz CT molecular complexity index is 1500. The zero-order valence-electron chi connectivity index (χ0n) is 24.4. The van der Waals surface area contributed by atoms with Crippen molar-refractivity contribution in [2.75, 3.05) is 63.1 Å². The summed E-state index contributed by atoms with van der Waals surface area (Å²) >= 11 is 0. The van der Waals surface area contributed by atoms with Gasteiger partial charge in [-0.1, -0.05) is 0 Å². The third-order valence-electron chi connectivity index (χ3n) is 9.35. The first kappa shape index (κ1) is 28.3. The van der Waals surface area contributed by atoms with Gasteiger partial charge in [-0.15, -0.1) is 0 Å².